The van der Waals surface area contributed by atoms with Gasteiger partial charge in [-0.1, -0.05) is 155 Å². The number of rotatable bonds is 12. The molecule has 0 spiro atoms. The second-order valence-corrected chi connectivity index (χ2v) is 36.0. The molecule has 0 amide bonds. The molecule has 5 aromatic carbocycles. The van der Waals surface area contributed by atoms with Crippen LogP contribution in [0.2, 0.25) is 0 Å². The molecule has 15 heterocycles. The molecule has 20 rings (SSSR count). The summed E-state index contributed by atoms with van der Waals surface area (Å²) in [5.41, 5.74) is 30.6. The first kappa shape index (κ1) is 84.5. The molecule has 128 heavy (non-hydrogen) atoms. The molecule has 0 saturated heterocycles. The molecule has 0 aliphatic rings. The zero-order chi connectivity index (χ0) is 91.1. The monoisotopic (exact) mass is 1690 g/mol. The van der Waals surface area contributed by atoms with Crippen LogP contribution in [-0.2, 0) is 33.6 Å². The molecular formula is C109H109N15O4+4. The van der Waals surface area contributed by atoms with Crippen LogP contribution in [0, 0.1) is 55.4 Å². The summed E-state index contributed by atoms with van der Waals surface area (Å²) in [7, 11) is 8.21. The third kappa shape index (κ3) is 16.8. The van der Waals surface area contributed by atoms with Gasteiger partial charge >= 0.3 is 0 Å². The van der Waals surface area contributed by atoms with Crippen LogP contribution in [0.5, 0.6) is 0 Å². The fourth-order valence-corrected chi connectivity index (χ4v) is 16.6. The first-order chi connectivity index (χ1) is 61.6. The van der Waals surface area contributed by atoms with E-state index in [0.717, 1.165) is 184 Å². The third-order valence-electron chi connectivity index (χ3n) is 23.9. The molecule has 20 aromatic rings. The van der Waals surface area contributed by atoms with Crippen molar-refractivity contribution in [3.8, 4) is 90.2 Å². The molecule has 0 radical (unpaired) electrons. The number of aromatic nitrogens is 15. The Kier molecular flexibility index (Phi) is 22.8. The fraction of sp³-hybridized carbons (Fsp3) is 0.257. The van der Waals surface area contributed by atoms with Crippen LogP contribution in [0.15, 0.2) is 237 Å². The Bertz CT molecular complexity index is 7720. The minimum Gasteiger partial charge on any atom is -0.437 e. The van der Waals surface area contributed by atoms with Crippen LogP contribution in [0.4, 0.5) is 0 Å². The van der Waals surface area contributed by atoms with Gasteiger partial charge in [0.15, 0.2) is 58.8 Å². The first-order valence-electron chi connectivity index (χ1n) is 44.3. The number of fused-ring (bicyclic) bond motifs is 12. The SMILES string of the molecule is Cc1ccc2c(n1)oc1c(-c3cc(-c4ccc(C(C)C)cc4)cc[n+]3C)c(C)ccc12.Cc1ccc2c(n1)oc1c(-c3cc(-c4ccccn4)cc[n+]3C)c(C)ccc12.Cc1ccc2c(n1)oc1c(-c3ccc(-c4nc(C(C)C)nc(C(C)C)n4)c[n+]3C)c(C)ccc12.[2H]C(C)(C)c1nc(-c2ccc(-c3c(C)ccc4c3oc3nc(C)ccc34)[n+](C)c2)nc(C(C)(C)C)n1. The zero-order valence-electron chi connectivity index (χ0n) is 78.4. The van der Waals surface area contributed by atoms with E-state index in [-0.39, 0.29) is 17.3 Å². The molecule has 0 aliphatic carbocycles. The summed E-state index contributed by atoms with van der Waals surface area (Å²) in [4.78, 5) is 51.2. The van der Waals surface area contributed by atoms with E-state index in [4.69, 9.17) is 34.0 Å². The topological polar surface area (TPSA) is 210 Å². The lowest BCUT2D eigenvalue weighted by molar-refractivity contribution is -0.660. The maximum Gasteiger partial charge on any atom is 0.227 e. The van der Waals surface area contributed by atoms with E-state index in [1.165, 1.54) is 22.3 Å². The van der Waals surface area contributed by atoms with Crippen molar-refractivity contribution in [2.45, 2.75) is 161 Å². The minimum absolute atomic E-state index is 0.234. The number of pyridine rings is 9. The maximum atomic E-state index is 8.51. The predicted molar refractivity (Wildman–Crippen MR) is 512 cm³/mol. The van der Waals surface area contributed by atoms with Crippen molar-refractivity contribution in [2.75, 3.05) is 0 Å². The van der Waals surface area contributed by atoms with Gasteiger partial charge in [-0.05, 0) is 173 Å². The molecule has 0 fully saturated rings. The van der Waals surface area contributed by atoms with Crippen LogP contribution in [-0.4, -0.2) is 54.8 Å². The molecule has 0 saturated carbocycles. The van der Waals surface area contributed by atoms with E-state index in [1.54, 1.807) is 13.8 Å². The smallest absolute Gasteiger partial charge is 0.227 e. The Morgan fingerprint density at radius 2 is 0.672 bits per heavy atom. The van der Waals surface area contributed by atoms with Crippen molar-refractivity contribution in [1.82, 2.24) is 54.8 Å². The van der Waals surface area contributed by atoms with Crippen LogP contribution < -0.4 is 18.3 Å². The number of aryl methyl sites for hydroxylation is 12. The minimum atomic E-state index is -0.930. The average Bonchev–Trinajstić information content (AvgIpc) is 1.62. The van der Waals surface area contributed by atoms with Crippen LogP contribution in [0.3, 0.4) is 0 Å². The highest BCUT2D eigenvalue weighted by atomic mass is 16.4. The van der Waals surface area contributed by atoms with Crippen molar-refractivity contribution >= 4 is 88.3 Å². The molecule has 0 atom stereocenters. The van der Waals surface area contributed by atoms with Gasteiger partial charge in [-0.15, -0.1) is 0 Å². The quantitative estimate of drug-likeness (QED) is 0.104. The fourth-order valence-electron chi connectivity index (χ4n) is 16.6. The van der Waals surface area contributed by atoms with Gasteiger partial charge in [0.2, 0.25) is 45.6 Å². The van der Waals surface area contributed by atoms with E-state index < -0.39 is 5.89 Å². The van der Waals surface area contributed by atoms with E-state index >= 15 is 0 Å². The summed E-state index contributed by atoms with van der Waals surface area (Å²) in [5.74, 6) is 4.15. The molecule has 0 unspecified atom stereocenters. The molecule has 0 bridgehead atoms. The average molecular weight is 1690 g/mol. The summed E-state index contributed by atoms with van der Waals surface area (Å²) in [6.45, 7) is 39.1. The summed E-state index contributed by atoms with van der Waals surface area (Å²) in [6, 6.07) is 65.4. The van der Waals surface area contributed by atoms with Crippen LogP contribution in [0.25, 0.3) is 178 Å². The number of hydrogen-bond donors (Lipinski definition) is 0. The first-order valence-corrected chi connectivity index (χ1v) is 43.8. The summed E-state index contributed by atoms with van der Waals surface area (Å²) in [6.07, 6.45) is 10.1. The number of furan rings is 4. The Labute approximate surface area is 747 Å². The second-order valence-electron chi connectivity index (χ2n) is 36.0. The van der Waals surface area contributed by atoms with Gasteiger partial charge in [0.25, 0.3) is 0 Å². The van der Waals surface area contributed by atoms with Crippen molar-refractivity contribution in [2.24, 2.45) is 28.2 Å². The van der Waals surface area contributed by atoms with Gasteiger partial charge in [0.1, 0.15) is 51.5 Å². The Morgan fingerprint density at radius 3 is 1.03 bits per heavy atom. The molecule has 19 heteroatoms. The molecule has 0 aliphatic heterocycles. The Balaban J connectivity index is 0.000000121. The van der Waals surface area contributed by atoms with Crippen LogP contribution in [0.1, 0.15) is 175 Å². The standard InChI is InChI=1S/C29H32N5O.C28H30N5O.C28H27N2O.C24H20N3O/c1-16(2)25-31-26(33-28(32-25)29(5,6)7)19-11-14-22(34(8)15-19)23-17(3)9-12-20-21-13-10-18(4)30-27(21)35-24(20)23;1-15(2)25-30-26(16(3)4)32-27(31-25)19-10-13-22(33(7)14-19)23-17(5)8-11-20-21-12-9-18(6)29-28(21)34-24(20)23;1-17(2)20-8-10-21(11-9-20)22-14-15-30(5)25(16-22)26-18(3)6-12-23-24-13-7-19(4)29-28(24)31-27(23)26;1-15-7-9-18-19-10-8-16(2)26-24(19)28-23(18)22(15)21-14-17(11-13-27(21)3)20-6-4-5-12-25-20/h9-16H,1-8H3;8-16H,1-7H3;6-17H,1-5H3;4-14H,1-3H3/q4*+1/i16D;;;. The van der Waals surface area contributed by atoms with Crippen molar-refractivity contribution in [3.05, 3.63) is 293 Å². The highest BCUT2D eigenvalue weighted by Gasteiger charge is 2.30. The Hall–Kier alpha value is -14.3. The van der Waals surface area contributed by atoms with E-state index in [9.17, 15) is 0 Å². The number of benzene rings is 5. The maximum absolute atomic E-state index is 8.51. The molecule has 15 aromatic heterocycles. The van der Waals surface area contributed by atoms with Gasteiger partial charge in [0, 0.05) is 139 Å². The van der Waals surface area contributed by atoms with E-state index in [0.29, 0.717) is 52.1 Å². The van der Waals surface area contributed by atoms with Crippen molar-refractivity contribution in [3.63, 3.8) is 0 Å². The number of nitrogens with zero attached hydrogens (tertiary/aromatic N) is 15. The zero-order valence-corrected chi connectivity index (χ0v) is 77.4. The lowest BCUT2D eigenvalue weighted by Crippen LogP contribution is -2.31. The predicted octanol–water partition coefficient (Wildman–Crippen LogP) is 24.6. The largest absolute Gasteiger partial charge is 0.437 e. The summed E-state index contributed by atoms with van der Waals surface area (Å²) >= 11 is 0. The van der Waals surface area contributed by atoms with Crippen LogP contribution >= 0.6 is 0 Å². The summed E-state index contributed by atoms with van der Waals surface area (Å²) in [5, 5.41) is 8.48. The lowest BCUT2D eigenvalue weighted by Gasteiger charge is -2.18. The highest BCUT2D eigenvalue weighted by molar-refractivity contribution is 6.12. The molecular weight excluding hydrogens is 1580 g/mol. The second kappa shape index (κ2) is 34.5. The summed E-state index contributed by atoms with van der Waals surface area (Å²) < 4.78 is 42.2. The van der Waals surface area contributed by atoms with E-state index in [1.807, 2.05) is 95.7 Å². The Morgan fingerprint density at radius 1 is 0.312 bits per heavy atom. The number of hydrogen-bond acceptors (Lipinski definition) is 15. The normalized spacial score (nSPS) is 12.0. The van der Waals surface area contributed by atoms with Crippen molar-refractivity contribution in [1.29, 1.82) is 0 Å². The van der Waals surface area contributed by atoms with Gasteiger partial charge in [-0.3, -0.25) is 4.98 Å². The van der Waals surface area contributed by atoms with Gasteiger partial charge in [-0.2, -0.15) is 0 Å². The molecule has 19 nitrogen and oxygen atoms in total. The van der Waals surface area contributed by atoms with E-state index in [2.05, 4.69) is 327 Å². The third-order valence-corrected chi connectivity index (χ3v) is 23.9. The lowest BCUT2D eigenvalue weighted by atomic mass is 9.95. The van der Waals surface area contributed by atoms with Gasteiger partial charge < -0.3 is 17.7 Å². The van der Waals surface area contributed by atoms with Gasteiger partial charge in [0.05, 0.1) is 39.1 Å². The highest BCUT2D eigenvalue weighted by Crippen LogP contribution is 2.43. The molecule has 640 valence electrons. The molecule has 0 N–H and O–H groups in total. The van der Waals surface area contributed by atoms with Crippen molar-refractivity contribution < 1.29 is 37.3 Å². The van der Waals surface area contributed by atoms with Gasteiger partial charge in [-0.25, -0.2) is 68.1 Å².